The second-order valence-electron chi connectivity index (χ2n) is 6.76. The van der Waals surface area contributed by atoms with Crippen LogP contribution in [0.25, 0.3) is 11.5 Å². The van der Waals surface area contributed by atoms with Crippen LogP contribution in [0.4, 0.5) is 0 Å². The predicted octanol–water partition coefficient (Wildman–Crippen LogP) is 2.33. The number of nitrogens with zero attached hydrogens (tertiary/aromatic N) is 3. The number of nitrogens with one attached hydrogen (secondary N) is 2. The van der Waals surface area contributed by atoms with Crippen LogP contribution in [0.15, 0.2) is 34.2 Å². The van der Waals surface area contributed by atoms with Crippen LogP contribution in [0.1, 0.15) is 33.5 Å². The van der Waals surface area contributed by atoms with Crippen molar-refractivity contribution in [3.63, 3.8) is 0 Å². The fraction of sp³-hybridized carbons (Fsp3) is 0.333. The highest BCUT2D eigenvalue weighted by molar-refractivity contribution is 7.03. The maximum absolute atomic E-state index is 12.8. The van der Waals surface area contributed by atoms with E-state index in [4.69, 9.17) is 4.42 Å². The molecule has 4 rings (SSSR count). The molecule has 1 saturated heterocycles. The molecule has 140 valence electrons. The van der Waals surface area contributed by atoms with Crippen molar-refractivity contribution in [1.29, 1.82) is 0 Å². The molecule has 3 aromatic heterocycles. The van der Waals surface area contributed by atoms with E-state index in [9.17, 15) is 9.59 Å². The van der Waals surface area contributed by atoms with E-state index in [1.54, 1.807) is 22.5 Å². The lowest BCUT2D eigenvalue weighted by Gasteiger charge is -2.16. The molecule has 0 unspecified atom stereocenters. The van der Waals surface area contributed by atoms with Gasteiger partial charge in [-0.25, -0.2) is 4.37 Å². The number of carbonyl (C=O) groups is 2. The smallest absolute Gasteiger partial charge is 0.274 e. The lowest BCUT2D eigenvalue weighted by molar-refractivity contribution is 0.0775. The van der Waals surface area contributed by atoms with Gasteiger partial charge in [0.05, 0.1) is 17.8 Å². The van der Waals surface area contributed by atoms with Gasteiger partial charge in [0.1, 0.15) is 11.5 Å². The molecule has 0 aliphatic carbocycles. The molecule has 0 bridgehead atoms. The fourth-order valence-corrected chi connectivity index (χ4v) is 3.70. The number of carbonyl (C=O) groups excluding carboxylic acids is 2. The van der Waals surface area contributed by atoms with Crippen molar-refractivity contribution in [2.75, 3.05) is 13.1 Å². The van der Waals surface area contributed by atoms with Gasteiger partial charge in [0.15, 0.2) is 11.5 Å². The zero-order chi connectivity index (χ0) is 19.0. The summed E-state index contributed by atoms with van der Waals surface area (Å²) in [4.78, 5) is 26.8. The summed E-state index contributed by atoms with van der Waals surface area (Å²) in [7, 11) is 0. The van der Waals surface area contributed by atoms with Crippen molar-refractivity contribution in [2.24, 2.45) is 5.92 Å². The normalized spacial score (nSPS) is 19.4. The third kappa shape index (κ3) is 3.50. The van der Waals surface area contributed by atoms with E-state index < -0.39 is 0 Å². The summed E-state index contributed by atoms with van der Waals surface area (Å²) in [5.41, 5.74) is 1.54. The third-order valence-corrected chi connectivity index (χ3v) is 5.30. The first-order chi connectivity index (χ1) is 13.0. The number of rotatable bonds is 4. The molecule has 2 N–H and O–H groups in total. The number of aromatic amines is 1. The Morgan fingerprint density at radius 3 is 2.93 bits per heavy atom. The monoisotopic (exact) mass is 385 g/mol. The highest BCUT2D eigenvalue weighted by atomic mass is 32.1. The summed E-state index contributed by atoms with van der Waals surface area (Å²) in [6.45, 7) is 4.89. The second-order valence-corrected chi connectivity index (χ2v) is 7.41. The molecular formula is C18H19N5O3S. The third-order valence-electron chi connectivity index (χ3n) is 4.71. The van der Waals surface area contributed by atoms with Crippen LogP contribution in [0.5, 0.6) is 0 Å². The zero-order valence-electron chi connectivity index (χ0n) is 14.9. The van der Waals surface area contributed by atoms with Gasteiger partial charge in [-0.3, -0.25) is 14.7 Å². The first-order valence-electron chi connectivity index (χ1n) is 8.63. The largest absolute Gasteiger partial charge is 0.460 e. The number of furan rings is 1. The molecule has 2 atom stereocenters. The average Bonchev–Trinajstić information content (AvgIpc) is 3.42. The topological polar surface area (TPSA) is 104 Å². The minimum absolute atomic E-state index is 0.104. The Morgan fingerprint density at radius 1 is 1.37 bits per heavy atom. The quantitative estimate of drug-likeness (QED) is 0.717. The highest BCUT2D eigenvalue weighted by Gasteiger charge is 2.34. The summed E-state index contributed by atoms with van der Waals surface area (Å²) in [5, 5.41) is 11.7. The lowest BCUT2D eigenvalue weighted by atomic mass is 10.1. The zero-order valence-corrected chi connectivity index (χ0v) is 15.7. The van der Waals surface area contributed by atoms with E-state index >= 15 is 0 Å². The number of hydrogen-bond donors (Lipinski definition) is 2. The number of hydrogen-bond acceptors (Lipinski definition) is 6. The molecule has 3 aromatic rings. The molecule has 0 radical (unpaired) electrons. The van der Waals surface area contributed by atoms with Crippen molar-refractivity contribution >= 4 is 23.3 Å². The standard InChI is InChI=1S/C18H19N5O3S/c1-10-7-23(8-15(10)20-17(24)12-6-19-27-9-12)18(25)14-5-13(21-22-14)16-4-3-11(2)26-16/h3-6,9-10,15H,7-8H2,1-2H3,(H,20,24)(H,21,22)/t10-,15-/m1/s1. The Kier molecular flexibility index (Phi) is 4.53. The van der Waals surface area contributed by atoms with Crippen LogP contribution in [0.3, 0.4) is 0 Å². The molecule has 0 saturated carbocycles. The number of likely N-dealkylation sites (tertiary alicyclic amines) is 1. The Balaban J connectivity index is 1.42. The van der Waals surface area contributed by atoms with Crippen LogP contribution < -0.4 is 5.32 Å². The lowest BCUT2D eigenvalue weighted by Crippen LogP contribution is -2.40. The van der Waals surface area contributed by atoms with Gasteiger partial charge in [-0.1, -0.05) is 6.92 Å². The molecule has 27 heavy (non-hydrogen) atoms. The molecule has 8 nitrogen and oxygen atoms in total. The van der Waals surface area contributed by atoms with E-state index in [1.807, 2.05) is 26.0 Å². The van der Waals surface area contributed by atoms with Crippen molar-refractivity contribution in [1.82, 2.24) is 24.8 Å². The molecule has 1 aliphatic rings. The van der Waals surface area contributed by atoms with Gasteiger partial charge in [0.25, 0.3) is 11.8 Å². The van der Waals surface area contributed by atoms with Crippen molar-refractivity contribution < 1.29 is 14.0 Å². The Hall–Kier alpha value is -2.94. The average molecular weight is 385 g/mol. The van der Waals surface area contributed by atoms with Gasteiger partial charge >= 0.3 is 0 Å². The molecule has 2 amide bonds. The Morgan fingerprint density at radius 2 is 2.22 bits per heavy atom. The molecule has 0 aromatic carbocycles. The van der Waals surface area contributed by atoms with Gasteiger partial charge in [-0.2, -0.15) is 5.10 Å². The van der Waals surface area contributed by atoms with E-state index in [-0.39, 0.29) is 23.8 Å². The first kappa shape index (κ1) is 17.5. The SMILES string of the molecule is Cc1ccc(-c2cc(C(=O)N3C[C@@H](C)[C@H](NC(=O)c4cnsc4)C3)n[nH]2)o1. The van der Waals surface area contributed by atoms with Crippen LogP contribution in [-0.4, -0.2) is 50.4 Å². The van der Waals surface area contributed by atoms with Gasteiger partial charge in [0.2, 0.25) is 0 Å². The maximum Gasteiger partial charge on any atom is 0.274 e. The van der Waals surface area contributed by atoms with Crippen molar-refractivity contribution in [3.8, 4) is 11.5 Å². The number of aryl methyl sites for hydroxylation is 1. The highest BCUT2D eigenvalue weighted by Crippen LogP contribution is 2.23. The van der Waals surface area contributed by atoms with Crippen molar-refractivity contribution in [3.05, 3.63) is 46.8 Å². The number of aromatic nitrogens is 3. The minimum atomic E-state index is -0.165. The molecule has 9 heteroatoms. The molecular weight excluding hydrogens is 366 g/mol. The summed E-state index contributed by atoms with van der Waals surface area (Å²) in [5.74, 6) is 1.26. The van der Waals surface area contributed by atoms with Gasteiger partial charge < -0.3 is 14.6 Å². The predicted molar refractivity (Wildman–Crippen MR) is 99.5 cm³/mol. The summed E-state index contributed by atoms with van der Waals surface area (Å²) >= 11 is 1.24. The van der Waals surface area contributed by atoms with Crippen molar-refractivity contribution in [2.45, 2.75) is 19.9 Å². The van der Waals surface area contributed by atoms with E-state index in [0.717, 1.165) is 5.76 Å². The summed E-state index contributed by atoms with van der Waals surface area (Å²) < 4.78 is 9.50. The fourth-order valence-electron chi connectivity index (χ4n) is 3.19. The van der Waals surface area contributed by atoms with E-state index in [0.29, 0.717) is 35.8 Å². The van der Waals surface area contributed by atoms with Crippen LogP contribution in [0, 0.1) is 12.8 Å². The molecule has 1 fully saturated rings. The van der Waals surface area contributed by atoms with Crippen LogP contribution in [0.2, 0.25) is 0 Å². The van der Waals surface area contributed by atoms with E-state index in [2.05, 4.69) is 19.9 Å². The minimum Gasteiger partial charge on any atom is -0.460 e. The maximum atomic E-state index is 12.8. The summed E-state index contributed by atoms with van der Waals surface area (Å²) in [6.07, 6.45) is 1.55. The Labute approximate surface area is 159 Å². The van der Waals surface area contributed by atoms with E-state index in [1.165, 1.54) is 11.5 Å². The van der Waals surface area contributed by atoms with Crippen LogP contribution in [-0.2, 0) is 0 Å². The Bertz CT molecular complexity index is 961. The molecule has 4 heterocycles. The van der Waals surface area contributed by atoms with Crippen LogP contribution >= 0.6 is 11.5 Å². The second kappa shape index (κ2) is 6.99. The molecule has 0 spiro atoms. The van der Waals surface area contributed by atoms with Gasteiger partial charge in [-0.05, 0) is 36.5 Å². The molecule has 1 aliphatic heterocycles. The van der Waals surface area contributed by atoms with Gasteiger partial charge in [0, 0.05) is 24.5 Å². The first-order valence-corrected chi connectivity index (χ1v) is 9.46. The number of H-pyrrole nitrogens is 1. The summed E-state index contributed by atoms with van der Waals surface area (Å²) in [6, 6.07) is 5.27. The van der Waals surface area contributed by atoms with Gasteiger partial charge in [-0.15, -0.1) is 0 Å². The number of amides is 2.